The fraction of sp³-hybridized carbons (Fsp3) is 0.227. The van der Waals surface area contributed by atoms with E-state index < -0.39 is 17.7 Å². The van der Waals surface area contributed by atoms with Crippen LogP contribution in [0.1, 0.15) is 36.7 Å². The van der Waals surface area contributed by atoms with Gasteiger partial charge in [0, 0.05) is 56.5 Å². The van der Waals surface area contributed by atoms with Crippen molar-refractivity contribution >= 4 is 52.6 Å². The van der Waals surface area contributed by atoms with E-state index in [-0.39, 0.29) is 11.4 Å². The Labute approximate surface area is 190 Å². The molecule has 0 bridgehead atoms. The number of nitrogens with zero attached hydrogens (tertiary/aromatic N) is 1. The molecule has 0 aliphatic carbocycles. The third-order valence-corrected chi connectivity index (χ3v) is 5.70. The minimum absolute atomic E-state index is 0.245. The smallest absolute Gasteiger partial charge is 0.300 e. The first-order valence-corrected chi connectivity index (χ1v) is 12.8. The van der Waals surface area contributed by atoms with Crippen LogP contribution in [-0.2, 0) is 11.2 Å². The number of amides is 1. The van der Waals surface area contributed by atoms with Gasteiger partial charge >= 0.3 is 0 Å². The molecule has 0 saturated heterocycles. The van der Waals surface area contributed by atoms with E-state index >= 15 is 0 Å². The van der Waals surface area contributed by atoms with Gasteiger partial charge in [0.05, 0.1) is 11.6 Å². The van der Waals surface area contributed by atoms with E-state index in [0.29, 0.717) is 29.7 Å². The van der Waals surface area contributed by atoms with Crippen LogP contribution in [0.15, 0.2) is 36.4 Å². The van der Waals surface area contributed by atoms with Crippen molar-refractivity contribution in [2.75, 3.05) is 12.3 Å². The summed E-state index contributed by atoms with van der Waals surface area (Å²) in [6, 6.07) is 8.87. The van der Waals surface area contributed by atoms with Crippen LogP contribution in [0.4, 0.5) is 14.5 Å². The van der Waals surface area contributed by atoms with Gasteiger partial charge in [-0.05, 0) is 49.9 Å². The number of H-pyrrole nitrogens is 1. The highest BCUT2D eigenvalue weighted by Gasteiger charge is 2.34. The lowest BCUT2D eigenvalue weighted by Gasteiger charge is -2.35. The van der Waals surface area contributed by atoms with Gasteiger partial charge in [0.1, 0.15) is 11.6 Å². The van der Waals surface area contributed by atoms with Gasteiger partial charge in [0.25, 0.3) is 5.91 Å². The predicted octanol–water partition coefficient (Wildman–Crippen LogP) is 5.57. The quantitative estimate of drug-likeness (QED) is 0.242. The third kappa shape index (κ3) is 4.27. The van der Waals surface area contributed by atoms with E-state index in [1.54, 1.807) is 17.0 Å². The molecule has 1 atom stereocenters. The van der Waals surface area contributed by atoms with E-state index in [0.717, 1.165) is 17.2 Å². The Hall–Kier alpha value is -2.25. The second-order valence-electron chi connectivity index (χ2n) is 6.45. The summed E-state index contributed by atoms with van der Waals surface area (Å²) in [4.78, 5) is 17.5. The van der Waals surface area contributed by atoms with Gasteiger partial charge in [-0.2, -0.15) is 0 Å². The minimum atomic E-state index is -0.653. The molecular weight excluding hydrogens is 519 g/mol. The standard InChI is InChI=1S/C20H14F2IN3OS.C2H6/c21-12-9-15-14-5-7-26(17(27)6-8-28-23)20(11-1-3-13(24)4-2-11)19(14)25-18(15)16(22)10-12;1-2/h1-4,9-10,20,25H,5,7,24H2;1-2H3. The molecule has 30 heavy (non-hydrogen) atoms. The number of hydrogen-bond acceptors (Lipinski definition) is 3. The number of hydrogen-bond donors (Lipinski definition) is 2. The number of carbonyl (C=O) groups is 1. The Kier molecular flexibility index (Phi) is 7.26. The Morgan fingerprint density at radius 1 is 1.27 bits per heavy atom. The van der Waals surface area contributed by atoms with Crippen molar-refractivity contribution in [1.29, 1.82) is 0 Å². The van der Waals surface area contributed by atoms with Crippen molar-refractivity contribution in [1.82, 2.24) is 9.88 Å². The van der Waals surface area contributed by atoms with Crippen molar-refractivity contribution < 1.29 is 13.6 Å². The van der Waals surface area contributed by atoms with Gasteiger partial charge in [-0.15, -0.1) is 0 Å². The molecule has 3 aromatic rings. The average molecular weight is 539 g/mol. The Balaban J connectivity index is 0.00000124. The van der Waals surface area contributed by atoms with Crippen molar-refractivity contribution in [2.45, 2.75) is 26.3 Å². The lowest BCUT2D eigenvalue weighted by molar-refractivity contribution is -0.127. The van der Waals surface area contributed by atoms with Crippen LogP contribution in [-0.4, -0.2) is 22.3 Å². The fourth-order valence-corrected chi connectivity index (χ4v) is 4.15. The summed E-state index contributed by atoms with van der Waals surface area (Å²) < 4.78 is 28.1. The normalized spacial score (nSPS) is 15.0. The molecule has 4 rings (SSSR count). The van der Waals surface area contributed by atoms with Crippen LogP contribution in [0.2, 0.25) is 0 Å². The van der Waals surface area contributed by atoms with E-state index in [4.69, 9.17) is 5.73 Å². The lowest BCUT2D eigenvalue weighted by Crippen LogP contribution is -2.40. The third-order valence-electron chi connectivity index (χ3n) is 4.86. The largest absolute Gasteiger partial charge is 0.399 e. The first-order chi connectivity index (χ1) is 14.5. The molecule has 2 heterocycles. The number of fused-ring (bicyclic) bond motifs is 3. The number of nitrogens with one attached hydrogen (secondary N) is 1. The van der Waals surface area contributed by atoms with E-state index in [9.17, 15) is 13.6 Å². The fourth-order valence-electron chi connectivity index (χ4n) is 3.69. The van der Waals surface area contributed by atoms with Crippen molar-refractivity contribution in [3.63, 3.8) is 0 Å². The molecular formula is C22H20F2IN3OS. The summed E-state index contributed by atoms with van der Waals surface area (Å²) >= 11 is 2.00. The number of aromatic amines is 1. The van der Waals surface area contributed by atoms with Crippen LogP contribution in [0.25, 0.3) is 10.9 Å². The van der Waals surface area contributed by atoms with Crippen molar-refractivity contribution in [3.05, 3.63) is 64.9 Å². The zero-order valence-corrected chi connectivity index (χ0v) is 19.4. The van der Waals surface area contributed by atoms with E-state index in [1.165, 1.54) is 15.0 Å². The van der Waals surface area contributed by atoms with Crippen LogP contribution >= 0.6 is 30.1 Å². The zero-order valence-electron chi connectivity index (χ0n) is 16.4. The van der Waals surface area contributed by atoms with Gasteiger partial charge < -0.3 is 15.6 Å². The zero-order chi connectivity index (χ0) is 21.8. The molecule has 1 aromatic heterocycles. The Morgan fingerprint density at radius 2 is 1.97 bits per heavy atom. The number of nitrogen functional groups attached to an aromatic ring is 1. The summed E-state index contributed by atoms with van der Waals surface area (Å²) in [7, 11) is 1.23. The Morgan fingerprint density at radius 3 is 2.63 bits per heavy atom. The van der Waals surface area contributed by atoms with Gasteiger partial charge in [-0.1, -0.05) is 26.0 Å². The van der Waals surface area contributed by atoms with Crippen LogP contribution in [0, 0.1) is 22.8 Å². The molecule has 0 spiro atoms. The van der Waals surface area contributed by atoms with Crippen molar-refractivity contribution in [3.8, 4) is 11.2 Å². The number of benzene rings is 2. The van der Waals surface area contributed by atoms with Crippen LogP contribution in [0.5, 0.6) is 0 Å². The average Bonchev–Trinajstić information content (AvgIpc) is 3.12. The number of halogens is 3. The highest BCUT2D eigenvalue weighted by atomic mass is 127. The van der Waals surface area contributed by atoms with Crippen LogP contribution in [0.3, 0.4) is 0 Å². The topological polar surface area (TPSA) is 62.1 Å². The summed E-state index contributed by atoms with van der Waals surface area (Å²) in [6.07, 6.45) is 0.481. The number of carbonyl (C=O) groups excluding carboxylic acids is 1. The Bertz CT molecular complexity index is 1140. The van der Waals surface area contributed by atoms with E-state index in [2.05, 4.69) is 16.2 Å². The molecule has 0 saturated carbocycles. The summed E-state index contributed by atoms with van der Waals surface area (Å²) in [5.74, 6) is 1.02. The molecule has 1 aliphatic heterocycles. The number of anilines is 1. The molecule has 0 radical (unpaired) electrons. The molecule has 0 fully saturated rings. The first-order valence-electron chi connectivity index (χ1n) is 9.43. The highest BCUT2D eigenvalue weighted by molar-refractivity contribution is 14.2. The lowest BCUT2D eigenvalue weighted by atomic mass is 9.92. The minimum Gasteiger partial charge on any atom is -0.399 e. The second-order valence-corrected chi connectivity index (χ2v) is 8.13. The van der Waals surface area contributed by atoms with Gasteiger partial charge in [0.15, 0.2) is 0 Å². The maximum atomic E-state index is 14.3. The monoisotopic (exact) mass is 539 g/mol. The summed E-state index contributed by atoms with van der Waals surface area (Å²) in [5, 5.41) is 3.22. The number of aromatic nitrogens is 1. The molecule has 4 nitrogen and oxygen atoms in total. The number of rotatable bonds is 1. The molecule has 156 valence electrons. The van der Waals surface area contributed by atoms with Gasteiger partial charge in [-0.25, -0.2) is 8.78 Å². The summed E-state index contributed by atoms with van der Waals surface area (Å²) in [6.45, 7) is 4.40. The van der Waals surface area contributed by atoms with Gasteiger partial charge in [-0.3, -0.25) is 4.79 Å². The van der Waals surface area contributed by atoms with Crippen LogP contribution < -0.4 is 5.73 Å². The first kappa shape index (κ1) is 22.4. The van der Waals surface area contributed by atoms with Crippen molar-refractivity contribution in [2.24, 2.45) is 0 Å². The highest BCUT2D eigenvalue weighted by Crippen LogP contribution is 2.39. The molecule has 1 aliphatic rings. The molecule has 8 heteroatoms. The maximum Gasteiger partial charge on any atom is 0.300 e. The molecule has 3 N–H and O–H groups in total. The molecule has 1 unspecified atom stereocenters. The SMILES string of the molecule is CC.Nc1ccc(C2c3[nH]c4c(F)cc(F)cc4c3CCN2C(=O)C#CSI)cc1. The second kappa shape index (κ2) is 9.71. The van der Waals surface area contributed by atoms with E-state index in [1.807, 2.05) is 47.2 Å². The summed E-state index contributed by atoms with van der Waals surface area (Å²) in [5.41, 5.74) is 8.96. The maximum absolute atomic E-state index is 14.3. The number of nitrogens with two attached hydrogens (primary N) is 1. The molecule has 1 amide bonds. The predicted molar refractivity (Wildman–Crippen MR) is 127 cm³/mol. The molecule has 2 aromatic carbocycles. The van der Waals surface area contributed by atoms with Gasteiger partial charge in [0.2, 0.25) is 0 Å².